The minimum absolute atomic E-state index is 0.106. The molecule has 0 spiro atoms. The molecule has 0 radical (unpaired) electrons. The molecule has 0 bridgehead atoms. The van der Waals surface area contributed by atoms with Crippen LogP contribution in [-0.4, -0.2) is 28.4 Å². The van der Waals surface area contributed by atoms with Crippen LogP contribution in [0.1, 0.15) is 22.3 Å². The van der Waals surface area contributed by atoms with E-state index in [1.807, 2.05) is 43.3 Å². The van der Waals surface area contributed by atoms with Gasteiger partial charge in [0.05, 0.1) is 11.0 Å². The van der Waals surface area contributed by atoms with Crippen molar-refractivity contribution < 1.29 is 9.59 Å². The van der Waals surface area contributed by atoms with Gasteiger partial charge in [0.2, 0.25) is 11.9 Å². The van der Waals surface area contributed by atoms with Gasteiger partial charge in [0.15, 0.2) is 0 Å². The molecule has 3 rings (SSSR count). The third-order valence-electron chi connectivity index (χ3n) is 4.33. The zero-order valence-corrected chi connectivity index (χ0v) is 14.8. The fraction of sp³-hybridized carbons (Fsp3) is 0.211. The van der Waals surface area contributed by atoms with Crippen molar-refractivity contribution in [2.45, 2.75) is 19.9 Å². The van der Waals surface area contributed by atoms with Crippen molar-refractivity contribution in [2.75, 3.05) is 17.7 Å². The van der Waals surface area contributed by atoms with Gasteiger partial charge in [-0.15, -0.1) is 0 Å². The predicted octanol–water partition coefficient (Wildman–Crippen LogP) is 2.08. The monoisotopic (exact) mass is 351 g/mol. The highest BCUT2D eigenvalue weighted by molar-refractivity contribution is 6.06. The van der Waals surface area contributed by atoms with Crippen molar-refractivity contribution in [2.24, 2.45) is 5.73 Å². The summed E-state index contributed by atoms with van der Waals surface area (Å²) >= 11 is 0. The van der Waals surface area contributed by atoms with Crippen LogP contribution in [0.5, 0.6) is 0 Å². The number of hydrogen-bond acceptors (Lipinski definition) is 4. The second kappa shape index (κ2) is 6.87. The lowest BCUT2D eigenvalue weighted by molar-refractivity contribution is -0.118. The van der Waals surface area contributed by atoms with Crippen LogP contribution in [0, 0.1) is 6.92 Å². The number of nitrogens with zero attached hydrogens (tertiary/aromatic N) is 3. The maximum Gasteiger partial charge on any atom is 0.258 e. The molecule has 1 heterocycles. The number of fused-ring (bicyclic) bond motifs is 1. The number of amides is 2. The summed E-state index contributed by atoms with van der Waals surface area (Å²) < 4.78 is 1.74. The SMILES string of the molecule is Cc1ccc(C(=O)N(C)c2ccc3c(c2)nc(N)n3CCC(N)=O)cc1. The molecule has 0 aliphatic heterocycles. The standard InChI is InChI=1S/C19H21N5O2/c1-12-3-5-13(6-4-12)18(26)23(2)14-7-8-16-15(11-14)22-19(21)24(16)10-9-17(20)25/h3-8,11H,9-10H2,1-2H3,(H2,20,25)(H2,21,22). The summed E-state index contributed by atoms with van der Waals surface area (Å²) in [5.74, 6) is -0.192. The Morgan fingerprint density at radius 1 is 1.15 bits per heavy atom. The molecule has 134 valence electrons. The summed E-state index contributed by atoms with van der Waals surface area (Å²) in [4.78, 5) is 29.6. The van der Waals surface area contributed by atoms with Crippen molar-refractivity contribution in [1.82, 2.24) is 9.55 Å². The second-order valence-electron chi connectivity index (χ2n) is 6.24. The molecular weight excluding hydrogens is 330 g/mol. The quantitative estimate of drug-likeness (QED) is 0.733. The number of hydrogen-bond donors (Lipinski definition) is 2. The summed E-state index contributed by atoms with van der Waals surface area (Å²) in [7, 11) is 1.72. The minimum Gasteiger partial charge on any atom is -0.370 e. The van der Waals surface area contributed by atoms with E-state index in [1.54, 1.807) is 22.6 Å². The van der Waals surface area contributed by atoms with E-state index in [-0.39, 0.29) is 12.3 Å². The smallest absolute Gasteiger partial charge is 0.258 e. The van der Waals surface area contributed by atoms with Gasteiger partial charge in [-0.3, -0.25) is 9.59 Å². The largest absolute Gasteiger partial charge is 0.370 e. The van der Waals surface area contributed by atoms with E-state index in [4.69, 9.17) is 11.5 Å². The Kier molecular flexibility index (Phi) is 4.62. The summed E-state index contributed by atoms with van der Waals surface area (Å²) in [5.41, 5.74) is 15.0. The lowest BCUT2D eigenvalue weighted by Crippen LogP contribution is -2.26. The van der Waals surface area contributed by atoms with Crippen LogP contribution in [-0.2, 0) is 11.3 Å². The van der Waals surface area contributed by atoms with E-state index in [2.05, 4.69) is 4.98 Å². The van der Waals surface area contributed by atoms with Gasteiger partial charge in [-0.25, -0.2) is 4.98 Å². The van der Waals surface area contributed by atoms with Crippen LogP contribution >= 0.6 is 0 Å². The van der Waals surface area contributed by atoms with Gasteiger partial charge in [-0.1, -0.05) is 17.7 Å². The number of carbonyl (C=O) groups is 2. The van der Waals surface area contributed by atoms with E-state index in [0.29, 0.717) is 29.3 Å². The average molecular weight is 351 g/mol. The topological polar surface area (TPSA) is 107 Å². The molecule has 0 saturated heterocycles. The number of imidazole rings is 1. The number of primary amides is 1. The van der Waals surface area contributed by atoms with E-state index in [9.17, 15) is 9.59 Å². The molecule has 0 atom stereocenters. The third kappa shape index (κ3) is 3.37. The molecule has 0 aliphatic carbocycles. The number of benzene rings is 2. The Morgan fingerprint density at radius 2 is 1.85 bits per heavy atom. The van der Waals surface area contributed by atoms with Crippen LogP contribution in [0.25, 0.3) is 11.0 Å². The zero-order chi connectivity index (χ0) is 18.8. The number of carbonyl (C=O) groups excluding carboxylic acids is 2. The average Bonchev–Trinajstić information content (AvgIpc) is 2.93. The summed E-state index contributed by atoms with van der Waals surface area (Å²) in [6, 6.07) is 12.9. The van der Waals surface area contributed by atoms with Gasteiger partial charge in [0.1, 0.15) is 0 Å². The van der Waals surface area contributed by atoms with Crippen LogP contribution in [0.15, 0.2) is 42.5 Å². The number of aryl methyl sites for hydroxylation is 2. The normalized spacial score (nSPS) is 10.8. The number of aromatic nitrogens is 2. The maximum atomic E-state index is 12.7. The van der Waals surface area contributed by atoms with E-state index in [0.717, 1.165) is 11.1 Å². The molecule has 7 nitrogen and oxygen atoms in total. The van der Waals surface area contributed by atoms with Gasteiger partial charge >= 0.3 is 0 Å². The van der Waals surface area contributed by atoms with Gasteiger partial charge in [-0.05, 0) is 37.3 Å². The Balaban J connectivity index is 1.90. The molecule has 2 aromatic carbocycles. The first-order valence-electron chi connectivity index (χ1n) is 8.25. The Morgan fingerprint density at radius 3 is 2.50 bits per heavy atom. The van der Waals surface area contributed by atoms with Gasteiger partial charge in [-0.2, -0.15) is 0 Å². The number of rotatable bonds is 5. The molecule has 2 amide bonds. The summed E-state index contributed by atoms with van der Waals surface area (Å²) in [6.45, 7) is 2.35. The third-order valence-corrected chi connectivity index (χ3v) is 4.33. The predicted molar refractivity (Wildman–Crippen MR) is 102 cm³/mol. The molecule has 0 unspecified atom stereocenters. The Labute approximate surface area is 151 Å². The van der Waals surface area contributed by atoms with Crippen molar-refractivity contribution in [3.63, 3.8) is 0 Å². The Bertz CT molecular complexity index is 976. The lowest BCUT2D eigenvalue weighted by Gasteiger charge is -2.17. The number of nitrogens with two attached hydrogens (primary N) is 2. The van der Waals surface area contributed by atoms with Crippen LogP contribution in [0.3, 0.4) is 0 Å². The van der Waals surface area contributed by atoms with Crippen molar-refractivity contribution in [1.29, 1.82) is 0 Å². The fourth-order valence-electron chi connectivity index (χ4n) is 2.81. The fourth-order valence-corrected chi connectivity index (χ4v) is 2.81. The first-order valence-corrected chi connectivity index (χ1v) is 8.25. The van der Waals surface area contributed by atoms with E-state index >= 15 is 0 Å². The van der Waals surface area contributed by atoms with Crippen molar-refractivity contribution in [3.05, 3.63) is 53.6 Å². The molecule has 0 aliphatic rings. The van der Waals surface area contributed by atoms with Gasteiger partial charge < -0.3 is 20.9 Å². The minimum atomic E-state index is -0.397. The molecule has 26 heavy (non-hydrogen) atoms. The molecule has 0 fully saturated rings. The van der Waals surface area contributed by atoms with E-state index < -0.39 is 5.91 Å². The first-order chi connectivity index (χ1) is 12.4. The molecule has 3 aromatic rings. The zero-order valence-electron chi connectivity index (χ0n) is 14.8. The van der Waals surface area contributed by atoms with Crippen molar-refractivity contribution in [3.8, 4) is 0 Å². The van der Waals surface area contributed by atoms with Crippen molar-refractivity contribution >= 4 is 34.5 Å². The Hall–Kier alpha value is -3.35. The highest BCUT2D eigenvalue weighted by Crippen LogP contribution is 2.24. The summed E-state index contributed by atoms with van der Waals surface area (Å²) in [6.07, 6.45) is 0.184. The van der Waals surface area contributed by atoms with Crippen LogP contribution in [0.4, 0.5) is 11.6 Å². The maximum absolute atomic E-state index is 12.7. The lowest BCUT2D eigenvalue weighted by atomic mass is 10.1. The highest BCUT2D eigenvalue weighted by atomic mass is 16.2. The van der Waals surface area contributed by atoms with Gasteiger partial charge in [0.25, 0.3) is 5.91 Å². The highest BCUT2D eigenvalue weighted by Gasteiger charge is 2.16. The van der Waals surface area contributed by atoms with Gasteiger partial charge in [0, 0.05) is 31.3 Å². The van der Waals surface area contributed by atoms with E-state index in [1.165, 1.54) is 0 Å². The molecular formula is C19H21N5O2. The molecule has 0 saturated carbocycles. The molecule has 7 heteroatoms. The molecule has 1 aromatic heterocycles. The first kappa shape index (κ1) is 17.5. The van der Waals surface area contributed by atoms with Crippen LogP contribution in [0.2, 0.25) is 0 Å². The second-order valence-corrected chi connectivity index (χ2v) is 6.24. The molecule has 4 N–H and O–H groups in total. The summed E-state index contributed by atoms with van der Waals surface area (Å²) in [5, 5.41) is 0. The number of anilines is 2. The van der Waals surface area contributed by atoms with Crippen LogP contribution < -0.4 is 16.4 Å². The number of nitrogen functional groups attached to an aromatic ring is 1.